The maximum atomic E-state index is 11.7. The SMILES string of the molecule is CN1CCN(S(=O)(=O)CCCCl)CC1. The number of halogens is 1. The van der Waals surface area contributed by atoms with Gasteiger partial charge >= 0.3 is 0 Å². The van der Waals surface area contributed by atoms with Crippen molar-refractivity contribution >= 4 is 21.6 Å². The van der Waals surface area contributed by atoms with Crippen LogP contribution in [0.15, 0.2) is 0 Å². The van der Waals surface area contributed by atoms with E-state index in [1.54, 1.807) is 4.31 Å². The highest BCUT2D eigenvalue weighted by atomic mass is 35.5. The molecule has 0 aromatic heterocycles. The largest absolute Gasteiger partial charge is 0.304 e. The minimum Gasteiger partial charge on any atom is -0.304 e. The zero-order chi connectivity index (χ0) is 10.6. The van der Waals surface area contributed by atoms with Gasteiger partial charge in [-0.15, -0.1) is 11.6 Å². The van der Waals surface area contributed by atoms with E-state index in [1.165, 1.54) is 0 Å². The van der Waals surface area contributed by atoms with Crippen molar-refractivity contribution in [2.75, 3.05) is 44.9 Å². The van der Waals surface area contributed by atoms with Gasteiger partial charge in [0.25, 0.3) is 0 Å². The summed E-state index contributed by atoms with van der Waals surface area (Å²) in [5.74, 6) is 0.590. The van der Waals surface area contributed by atoms with Crippen LogP contribution in [-0.4, -0.2) is 62.5 Å². The highest BCUT2D eigenvalue weighted by Crippen LogP contribution is 2.08. The molecule has 0 N–H and O–H groups in total. The predicted octanol–water partition coefficient (Wildman–Crippen LogP) is 0.192. The van der Waals surface area contributed by atoms with Crippen molar-refractivity contribution in [1.82, 2.24) is 9.21 Å². The Morgan fingerprint density at radius 1 is 1.21 bits per heavy atom. The van der Waals surface area contributed by atoms with Crippen molar-refractivity contribution in [3.8, 4) is 0 Å². The van der Waals surface area contributed by atoms with E-state index in [4.69, 9.17) is 11.6 Å². The average Bonchev–Trinajstić information content (AvgIpc) is 2.16. The number of likely N-dealkylation sites (N-methyl/N-ethyl adjacent to an activating group) is 1. The molecule has 0 radical (unpaired) electrons. The Morgan fingerprint density at radius 2 is 1.79 bits per heavy atom. The third kappa shape index (κ3) is 3.38. The van der Waals surface area contributed by atoms with Gasteiger partial charge in [-0.05, 0) is 13.5 Å². The van der Waals surface area contributed by atoms with Crippen molar-refractivity contribution in [3.63, 3.8) is 0 Å². The van der Waals surface area contributed by atoms with Gasteiger partial charge in [0.1, 0.15) is 0 Å². The smallest absolute Gasteiger partial charge is 0.214 e. The molecule has 4 nitrogen and oxygen atoms in total. The topological polar surface area (TPSA) is 40.6 Å². The summed E-state index contributed by atoms with van der Waals surface area (Å²) in [6, 6.07) is 0. The van der Waals surface area contributed by atoms with Crippen LogP contribution in [0.4, 0.5) is 0 Å². The molecule has 84 valence electrons. The highest BCUT2D eigenvalue weighted by molar-refractivity contribution is 7.89. The van der Waals surface area contributed by atoms with Crippen LogP contribution < -0.4 is 0 Å². The van der Waals surface area contributed by atoms with Gasteiger partial charge in [0, 0.05) is 32.1 Å². The molecule has 1 aliphatic heterocycles. The number of nitrogens with zero attached hydrogens (tertiary/aromatic N) is 2. The van der Waals surface area contributed by atoms with Crippen molar-refractivity contribution in [1.29, 1.82) is 0 Å². The van der Waals surface area contributed by atoms with Gasteiger partial charge in [0.2, 0.25) is 10.0 Å². The zero-order valence-electron chi connectivity index (χ0n) is 8.45. The third-order valence-corrected chi connectivity index (χ3v) is 4.62. The molecule has 0 aromatic carbocycles. The molecule has 1 heterocycles. The van der Waals surface area contributed by atoms with Crippen LogP contribution in [0, 0.1) is 0 Å². The molecular weight excluding hydrogens is 224 g/mol. The Hall–Kier alpha value is 0.160. The number of piperazine rings is 1. The summed E-state index contributed by atoms with van der Waals surface area (Å²) < 4.78 is 25.0. The number of alkyl halides is 1. The first-order valence-electron chi connectivity index (χ1n) is 4.78. The zero-order valence-corrected chi connectivity index (χ0v) is 10.0. The Kier molecular flexibility index (Phi) is 4.63. The molecule has 0 aliphatic carbocycles. The Bertz CT molecular complexity index is 261. The summed E-state index contributed by atoms with van der Waals surface area (Å²) in [5, 5.41) is 0. The van der Waals surface area contributed by atoms with Crippen LogP contribution >= 0.6 is 11.6 Å². The van der Waals surface area contributed by atoms with E-state index in [1.807, 2.05) is 7.05 Å². The minimum atomic E-state index is -3.05. The molecule has 1 aliphatic rings. The molecule has 0 bridgehead atoms. The molecule has 14 heavy (non-hydrogen) atoms. The fraction of sp³-hybridized carbons (Fsp3) is 1.00. The molecular formula is C8H17ClN2O2S. The van der Waals surface area contributed by atoms with E-state index < -0.39 is 10.0 Å². The van der Waals surface area contributed by atoms with Gasteiger partial charge < -0.3 is 4.90 Å². The van der Waals surface area contributed by atoms with E-state index in [0.717, 1.165) is 13.1 Å². The lowest BCUT2D eigenvalue weighted by Gasteiger charge is -2.31. The standard InChI is InChI=1S/C8H17ClN2O2S/c1-10-4-6-11(7-5-10)14(12,13)8-2-3-9/h2-8H2,1H3. The highest BCUT2D eigenvalue weighted by Gasteiger charge is 2.24. The molecule has 0 amide bonds. The summed E-state index contributed by atoms with van der Waals surface area (Å²) in [4.78, 5) is 2.13. The second-order valence-electron chi connectivity index (χ2n) is 3.56. The van der Waals surface area contributed by atoms with Gasteiger partial charge in [0.15, 0.2) is 0 Å². The second kappa shape index (κ2) is 5.30. The molecule has 0 unspecified atom stereocenters. The van der Waals surface area contributed by atoms with Gasteiger partial charge in [-0.25, -0.2) is 8.42 Å². The normalized spacial score (nSPS) is 21.3. The quantitative estimate of drug-likeness (QED) is 0.659. The molecule has 0 atom stereocenters. The summed E-state index contributed by atoms with van der Waals surface area (Å²) in [5.41, 5.74) is 0. The van der Waals surface area contributed by atoms with Crippen LogP contribution in [0.2, 0.25) is 0 Å². The molecule has 6 heteroatoms. The van der Waals surface area contributed by atoms with Crippen LogP contribution in [0.5, 0.6) is 0 Å². The Balaban J connectivity index is 2.47. The van der Waals surface area contributed by atoms with Gasteiger partial charge in [-0.3, -0.25) is 0 Å². The fourth-order valence-corrected chi connectivity index (χ4v) is 3.21. The number of rotatable bonds is 4. The maximum absolute atomic E-state index is 11.7. The van der Waals surface area contributed by atoms with Gasteiger partial charge in [-0.2, -0.15) is 4.31 Å². The molecule has 0 saturated carbocycles. The van der Waals surface area contributed by atoms with E-state index in [-0.39, 0.29) is 5.75 Å². The summed E-state index contributed by atoms with van der Waals surface area (Å²) in [6.45, 7) is 2.86. The van der Waals surface area contributed by atoms with E-state index in [2.05, 4.69) is 4.90 Å². The van der Waals surface area contributed by atoms with E-state index in [0.29, 0.717) is 25.4 Å². The van der Waals surface area contributed by atoms with E-state index >= 15 is 0 Å². The lowest BCUT2D eigenvalue weighted by molar-refractivity contribution is 0.222. The average molecular weight is 241 g/mol. The van der Waals surface area contributed by atoms with Gasteiger partial charge in [0.05, 0.1) is 5.75 Å². The van der Waals surface area contributed by atoms with E-state index in [9.17, 15) is 8.42 Å². The number of sulfonamides is 1. The fourth-order valence-electron chi connectivity index (χ4n) is 1.43. The van der Waals surface area contributed by atoms with Crippen molar-refractivity contribution in [2.45, 2.75) is 6.42 Å². The van der Waals surface area contributed by atoms with Crippen LogP contribution in [0.25, 0.3) is 0 Å². The third-order valence-electron chi connectivity index (χ3n) is 2.39. The van der Waals surface area contributed by atoms with Gasteiger partial charge in [-0.1, -0.05) is 0 Å². The minimum absolute atomic E-state index is 0.181. The van der Waals surface area contributed by atoms with Crippen LogP contribution in [0.1, 0.15) is 6.42 Å². The second-order valence-corrected chi connectivity index (χ2v) is 6.03. The monoisotopic (exact) mass is 240 g/mol. The summed E-state index contributed by atoms with van der Waals surface area (Å²) in [6.07, 6.45) is 0.538. The maximum Gasteiger partial charge on any atom is 0.214 e. The van der Waals surface area contributed by atoms with Crippen LogP contribution in [0.3, 0.4) is 0 Å². The predicted molar refractivity (Wildman–Crippen MR) is 58.2 cm³/mol. The molecule has 0 aromatic rings. The van der Waals surface area contributed by atoms with Crippen LogP contribution in [-0.2, 0) is 10.0 Å². The first-order chi connectivity index (χ1) is 6.56. The molecule has 1 fully saturated rings. The molecule has 1 rings (SSSR count). The summed E-state index contributed by atoms with van der Waals surface area (Å²) in [7, 11) is -1.04. The number of hydrogen-bond acceptors (Lipinski definition) is 3. The van der Waals surface area contributed by atoms with Crippen molar-refractivity contribution in [2.24, 2.45) is 0 Å². The lowest BCUT2D eigenvalue weighted by atomic mass is 10.4. The Morgan fingerprint density at radius 3 is 2.29 bits per heavy atom. The van der Waals surface area contributed by atoms with Crippen molar-refractivity contribution < 1.29 is 8.42 Å². The number of hydrogen-bond donors (Lipinski definition) is 0. The first-order valence-corrected chi connectivity index (χ1v) is 6.93. The van der Waals surface area contributed by atoms with Crippen molar-refractivity contribution in [3.05, 3.63) is 0 Å². The summed E-state index contributed by atoms with van der Waals surface area (Å²) >= 11 is 5.48. The lowest BCUT2D eigenvalue weighted by Crippen LogP contribution is -2.47. The molecule has 1 saturated heterocycles. The molecule has 0 spiro atoms. The Labute approximate surface area is 90.9 Å². The first kappa shape index (κ1) is 12.2.